The van der Waals surface area contributed by atoms with Crippen LogP contribution in [-0.2, 0) is 34.9 Å². The molecule has 0 aliphatic rings. The minimum absolute atomic E-state index is 0.0596. The molecular weight excluding hydrogens is 1460 g/mol. The van der Waals surface area contributed by atoms with E-state index in [0.717, 1.165) is 5.56 Å². The van der Waals surface area contributed by atoms with Crippen LogP contribution in [0.5, 0.6) is 97.7 Å². The van der Waals surface area contributed by atoms with E-state index < -0.39 is 29.5 Å². The smallest absolute Gasteiger partial charge is 0.206 e. The van der Waals surface area contributed by atoms with Crippen molar-refractivity contribution in [2.45, 2.75) is 55.6 Å². The second kappa shape index (κ2) is 32.1. The first-order valence-corrected chi connectivity index (χ1v) is 39.2. The number of rotatable bonds is 27. The summed E-state index contributed by atoms with van der Waals surface area (Å²) in [7, 11) is -9.98. The highest BCUT2D eigenvalue weighted by Crippen LogP contribution is 2.37. The summed E-state index contributed by atoms with van der Waals surface area (Å²) in [5, 5.41) is 0. The lowest BCUT2D eigenvalue weighted by Gasteiger charge is -2.19. The van der Waals surface area contributed by atoms with Crippen molar-refractivity contribution in [1.82, 2.24) is 0 Å². The average molecular weight is 1530 g/mol. The summed E-state index contributed by atoms with van der Waals surface area (Å²) in [5.74, 6) is 8.10. The zero-order valence-electron chi connectivity index (χ0n) is 60.0. The van der Waals surface area contributed by atoms with Gasteiger partial charge in [-0.05, 0) is 339 Å². The van der Waals surface area contributed by atoms with E-state index in [0.29, 0.717) is 120 Å². The number of ketones is 2. The quantitative estimate of drug-likeness (QED) is 0.0437. The number of carbonyl (C=O) groups is 2. The Bertz CT molecular complexity index is 5970. The van der Waals surface area contributed by atoms with Gasteiger partial charge < -0.3 is 42.6 Å². The summed E-state index contributed by atoms with van der Waals surface area (Å²) in [4.78, 5) is 27.0. The molecule has 0 aromatic heterocycles. The standard InChI is InChI=1S/C91H68O17S3/c1-91(2,3)65-13-49-83(50-14-65)109(94,95)84-51-39-78(40-52-84)105-74-31-33-75(34-32-74)106-80-43-57-87(58-44-80)111(98,99)88-59-47-82(48-60-88)108-77-37-35-76(36-38-77)107-81-45-55-86(56-46-81)110(96,97)85-53-41-79(42-54-85)104-73-29-27-72(28-30-73)103-69-21-11-64(12-22-69)90(93)63-9-19-68(20-10-63)102-71-25-23-70(24-26-71)101-67-17-7-62(8-18-67)89(92)61-5-15-66(100-4)16-6-61/h5-60H,1-4H3. The Morgan fingerprint density at radius 3 is 0.468 bits per heavy atom. The lowest BCUT2D eigenvalue weighted by Crippen LogP contribution is -2.11. The van der Waals surface area contributed by atoms with Crippen LogP contribution in [0.4, 0.5) is 0 Å². The van der Waals surface area contributed by atoms with E-state index in [1.54, 1.807) is 274 Å². The van der Waals surface area contributed by atoms with Crippen molar-refractivity contribution in [3.63, 3.8) is 0 Å². The summed E-state index contributed by atoms with van der Waals surface area (Å²) >= 11 is 0. The van der Waals surface area contributed by atoms with Gasteiger partial charge in [-0.25, -0.2) is 25.3 Å². The van der Waals surface area contributed by atoms with Gasteiger partial charge in [0, 0.05) is 22.3 Å². The lowest BCUT2D eigenvalue weighted by molar-refractivity contribution is 0.103. The van der Waals surface area contributed by atoms with Crippen LogP contribution in [0.3, 0.4) is 0 Å². The maximum absolute atomic E-state index is 13.7. The van der Waals surface area contributed by atoms with Crippen LogP contribution < -0.4 is 42.6 Å². The first kappa shape index (κ1) is 74.3. The number of sulfone groups is 3. The Hall–Kier alpha value is -13.5. The predicted octanol–water partition coefficient (Wildman–Crippen LogP) is 22.3. The van der Waals surface area contributed by atoms with Gasteiger partial charge in [0.25, 0.3) is 0 Å². The van der Waals surface area contributed by atoms with E-state index in [4.69, 9.17) is 42.6 Å². The second-order valence-electron chi connectivity index (χ2n) is 26.3. The zero-order chi connectivity index (χ0) is 77.3. The van der Waals surface area contributed by atoms with Gasteiger partial charge in [0.2, 0.25) is 29.5 Å². The third-order valence-electron chi connectivity index (χ3n) is 17.6. The van der Waals surface area contributed by atoms with Gasteiger partial charge in [-0.3, -0.25) is 9.59 Å². The van der Waals surface area contributed by atoms with Gasteiger partial charge in [0.1, 0.15) is 97.7 Å². The van der Waals surface area contributed by atoms with Crippen molar-refractivity contribution in [2.24, 2.45) is 0 Å². The molecule has 0 aliphatic carbocycles. The van der Waals surface area contributed by atoms with E-state index in [1.807, 2.05) is 12.1 Å². The van der Waals surface area contributed by atoms with Crippen molar-refractivity contribution < 1.29 is 77.5 Å². The highest BCUT2D eigenvalue weighted by atomic mass is 32.2. The molecule has 14 aromatic carbocycles. The Kier molecular flexibility index (Phi) is 21.5. The largest absolute Gasteiger partial charge is 0.497 e. The minimum Gasteiger partial charge on any atom is -0.497 e. The summed E-state index contributed by atoms with van der Waals surface area (Å²) < 4.78 is 135. The van der Waals surface area contributed by atoms with Crippen molar-refractivity contribution in [3.05, 3.63) is 368 Å². The lowest BCUT2D eigenvalue weighted by atomic mass is 9.87. The molecule has 14 rings (SSSR count). The molecule has 14 aromatic rings. The summed E-state index contributed by atoms with van der Waals surface area (Å²) in [6.45, 7) is 6.21. The Morgan fingerprint density at radius 1 is 0.198 bits per heavy atom. The summed E-state index contributed by atoms with van der Waals surface area (Å²) in [6, 6.07) is 92.4. The predicted molar refractivity (Wildman–Crippen MR) is 419 cm³/mol. The number of benzene rings is 14. The van der Waals surface area contributed by atoms with Gasteiger partial charge in [0.15, 0.2) is 11.6 Å². The molecule has 111 heavy (non-hydrogen) atoms. The van der Waals surface area contributed by atoms with Crippen LogP contribution >= 0.6 is 0 Å². The van der Waals surface area contributed by atoms with Crippen LogP contribution in [0.1, 0.15) is 58.2 Å². The van der Waals surface area contributed by atoms with E-state index in [-0.39, 0.29) is 46.4 Å². The number of hydrogen-bond donors (Lipinski definition) is 0. The van der Waals surface area contributed by atoms with Gasteiger partial charge in [-0.15, -0.1) is 0 Å². The third-order valence-corrected chi connectivity index (χ3v) is 22.9. The topological polar surface area (TPSA) is 220 Å². The highest BCUT2D eigenvalue weighted by Gasteiger charge is 2.23. The summed E-state index contributed by atoms with van der Waals surface area (Å²) in [5.41, 5.74) is 2.97. The van der Waals surface area contributed by atoms with Crippen LogP contribution in [-0.4, -0.2) is 43.9 Å². The molecule has 0 heterocycles. The van der Waals surface area contributed by atoms with E-state index in [9.17, 15) is 34.8 Å². The Morgan fingerprint density at radius 2 is 0.324 bits per heavy atom. The fourth-order valence-electron chi connectivity index (χ4n) is 11.5. The first-order valence-electron chi connectivity index (χ1n) is 34.8. The van der Waals surface area contributed by atoms with Crippen LogP contribution in [0, 0.1) is 0 Å². The van der Waals surface area contributed by atoms with Crippen molar-refractivity contribution in [3.8, 4) is 97.7 Å². The molecular formula is C91H68O17S3. The van der Waals surface area contributed by atoms with Crippen molar-refractivity contribution in [2.75, 3.05) is 7.11 Å². The molecule has 0 bridgehead atoms. The first-order chi connectivity index (χ1) is 53.5. The molecule has 0 spiro atoms. The molecule has 0 atom stereocenters. The normalized spacial score (nSPS) is 11.5. The molecule has 20 heteroatoms. The number of hydrogen-bond acceptors (Lipinski definition) is 17. The number of carbonyl (C=O) groups excluding carboxylic acids is 2. The molecule has 0 saturated heterocycles. The fourth-order valence-corrected chi connectivity index (χ4v) is 15.2. The molecule has 0 unspecified atom stereocenters. The maximum Gasteiger partial charge on any atom is 0.206 e. The number of ether oxygens (including phenoxy) is 9. The number of methoxy groups -OCH3 is 1. The van der Waals surface area contributed by atoms with Crippen LogP contribution in [0.25, 0.3) is 0 Å². The molecule has 0 N–H and O–H groups in total. The van der Waals surface area contributed by atoms with Gasteiger partial charge >= 0.3 is 0 Å². The highest BCUT2D eigenvalue weighted by molar-refractivity contribution is 7.92. The molecule has 552 valence electrons. The van der Waals surface area contributed by atoms with Crippen LogP contribution in [0.15, 0.2) is 369 Å². The van der Waals surface area contributed by atoms with Crippen molar-refractivity contribution in [1.29, 1.82) is 0 Å². The zero-order valence-corrected chi connectivity index (χ0v) is 62.4. The summed E-state index contributed by atoms with van der Waals surface area (Å²) in [6.07, 6.45) is 0. The molecule has 0 fully saturated rings. The molecule has 17 nitrogen and oxygen atoms in total. The monoisotopic (exact) mass is 1530 g/mol. The van der Waals surface area contributed by atoms with E-state index >= 15 is 0 Å². The van der Waals surface area contributed by atoms with Gasteiger partial charge in [-0.2, -0.15) is 0 Å². The van der Waals surface area contributed by atoms with Gasteiger partial charge in [0.05, 0.1) is 36.5 Å². The Balaban J connectivity index is 0.496. The van der Waals surface area contributed by atoms with Crippen molar-refractivity contribution >= 4 is 41.1 Å². The molecule has 0 amide bonds. The second-order valence-corrected chi connectivity index (χ2v) is 32.2. The molecule has 0 aliphatic heterocycles. The maximum atomic E-state index is 13.7. The Labute approximate surface area is 642 Å². The third kappa shape index (κ3) is 18.0. The SMILES string of the molecule is COc1ccc(C(=O)c2ccc(Oc3ccc(Oc4ccc(C(=O)c5ccc(Oc6ccc(Oc7ccc(S(=O)(=O)c8ccc(Oc9ccc(Oc%10ccc(S(=O)(=O)c%11ccc(Oc%12ccc(Oc%13ccc(S(=O)(=O)c%14ccc(C(C)(C)C)cc%14)cc%13)cc%12)cc%11)cc%10)cc9)cc8)cc7)cc6)cc5)cc4)cc3)cc2)cc1. The minimum atomic E-state index is -3.92. The fraction of sp³-hybridized carbons (Fsp3) is 0.0549. The molecule has 0 radical (unpaired) electrons. The van der Waals surface area contributed by atoms with E-state index in [2.05, 4.69) is 20.8 Å². The average Bonchev–Trinajstić information content (AvgIpc) is 1.26. The molecule has 0 saturated carbocycles. The van der Waals surface area contributed by atoms with Gasteiger partial charge in [-0.1, -0.05) is 32.9 Å². The van der Waals surface area contributed by atoms with Crippen LogP contribution in [0.2, 0.25) is 0 Å². The van der Waals surface area contributed by atoms with E-state index in [1.165, 1.54) is 60.7 Å².